The van der Waals surface area contributed by atoms with E-state index in [2.05, 4.69) is 45.6 Å². The third-order valence-electron chi connectivity index (χ3n) is 6.50. The maximum atomic E-state index is 13.8. The van der Waals surface area contributed by atoms with Gasteiger partial charge < -0.3 is 16.1 Å². The summed E-state index contributed by atoms with van der Waals surface area (Å²) < 4.78 is 23.3. The first-order valence-electron chi connectivity index (χ1n) is 13.0. The third kappa shape index (κ3) is 5.30. The van der Waals surface area contributed by atoms with Gasteiger partial charge in [0, 0.05) is 30.5 Å². The summed E-state index contributed by atoms with van der Waals surface area (Å²) >= 11 is 0. The van der Waals surface area contributed by atoms with Gasteiger partial charge >= 0.3 is 0 Å². The fraction of sp³-hybridized carbons (Fsp3) is 0.167. The molecule has 8 nitrogen and oxygen atoms in total. The average molecular weight is 520 g/mol. The molecule has 1 unspecified atom stereocenters. The van der Waals surface area contributed by atoms with E-state index in [1.165, 1.54) is 30.5 Å². The second-order valence-electron chi connectivity index (χ2n) is 9.10. The van der Waals surface area contributed by atoms with Crippen LogP contribution in [0.15, 0.2) is 84.8 Å². The highest BCUT2D eigenvalue weighted by Gasteiger charge is 2.23. The molecular formula is C30H27FN8. The molecule has 2 heterocycles. The van der Waals surface area contributed by atoms with Gasteiger partial charge in [-0.1, -0.05) is 49.4 Å². The van der Waals surface area contributed by atoms with E-state index >= 15 is 0 Å². The number of rotatable bonds is 8. The quantitative estimate of drug-likeness (QED) is 0.237. The van der Waals surface area contributed by atoms with Crippen LogP contribution in [0.4, 0.5) is 15.8 Å². The van der Waals surface area contributed by atoms with Crippen LogP contribution in [0.25, 0.3) is 10.9 Å². The van der Waals surface area contributed by atoms with Crippen molar-refractivity contribution in [2.24, 2.45) is 0 Å². The summed E-state index contributed by atoms with van der Waals surface area (Å²) in [7, 11) is 1.78. The molecule has 1 aliphatic heterocycles. The van der Waals surface area contributed by atoms with E-state index in [9.17, 15) is 16.3 Å². The Labute approximate surface area is 227 Å². The van der Waals surface area contributed by atoms with Crippen LogP contribution in [0, 0.1) is 28.5 Å². The molecule has 1 aromatic heterocycles. The predicted octanol–water partition coefficient (Wildman–Crippen LogP) is 5.63. The van der Waals surface area contributed by atoms with Gasteiger partial charge in [-0.2, -0.15) is 10.5 Å². The Hall–Kier alpha value is -5.12. The highest BCUT2D eigenvalue weighted by Crippen LogP contribution is 2.36. The molecule has 0 amide bonds. The molecule has 194 valence electrons. The lowest BCUT2D eigenvalue weighted by molar-refractivity contribution is 0.326. The first-order valence-corrected chi connectivity index (χ1v) is 12.5. The lowest BCUT2D eigenvalue weighted by atomic mass is 10.00. The van der Waals surface area contributed by atoms with Crippen molar-refractivity contribution in [1.29, 1.82) is 10.5 Å². The average Bonchev–Trinajstić information content (AvgIpc) is 3.43. The summed E-state index contributed by atoms with van der Waals surface area (Å²) in [6.45, 7) is 2.05. The molecule has 5 rings (SSSR count). The minimum atomic E-state index is -1.59. The van der Waals surface area contributed by atoms with Crippen molar-refractivity contribution < 1.29 is 5.76 Å². The zero-order chi connectivity index (χ0) is 28.3. The summed E-state index contributed by atoms with van der Waals surface area (Å²) in [5.74, 6) is -0.415. The van der Waals surface area contributed by atoms with Gasteiger partial charge in [0.1, 0.15) is 18.0 Å². The second kappa shape index (κ2) is 11.1. The van der Waals surface area contributed by atoms with Gasteiger partial charge in [-0.15, -0.1) is 5.53 Å². The number of hydrogen-bond acceptors (Lipinski definition) is 8. The maximum absolute atomic E-state index is 13.8. The Balaban J connectivity index is 1.66. The summed E-state index contributed by atoms with van der Waals surface area (Å²) in [5.41, 5.74) is 9.96. The topological polar surface area (TPSA) is 112 Å². The number of hydrazine groups is 2. The summed E-state index contributed by atoms with van der Waals surface area (Å²) in [4.78, 5) is 4.44. The fourth-order valence-electron chi connectivity index (χ4n) is 4.57. The van der Waals surface area contributed by atoms with Crippen LogP contribution in [0.5, 0.6) is 0 Å². The lowest BCUT2D eigenvalue weighted by Crippen LogP contribution is -2.35. The Kier molecular flexibility index (Phi) is 6.89. The standard InChI is InChI=1S/C30H27FN8/c1-3-26(19-7-5-4-6-8-19)36-29-22(16-33)17-34-28-21(15-32)13-24(14-25(28)29)35-30(27-18-39(2)38-37-27)20-9-11-23(31)12-10-20/h4-14,17-18,26,30,35,37-38H,3H2,1-2H3,(H,34,36)/t26-,30?/m1/s1/i30D. The number of pyridine rings is 1. The molecule has 4 aromatic rings. The van der Waals surface area contributed by atoms with Crippen LogP contribution in [0.2, 0.25) is 0 Å². The van der Waals surface area contributed by atoms with Gasteiger partial charge in [0.05, 0.1) is 41.5 Å². The maximum Gasteiger partial charge on any atom is 0.123 e. The Bertz CT molecular complexity index is 1660. The summed E-state index contributed by atoms with van der Waals surface area (Å²) in [6, 6.07) is 21.8. The third-order valence-corrected chi connectivity index (χ3v) is 6.50. The zero-order valence-electron chi connectivity index (χ0n) is 22.5. The molecule has 0 spiro atoms. The van der Waals surface area contributed by atoms with Crippen molar-refractivity contribution in [2.45, 2.75) is 25.4 Å². The molecule has 3 aromatic carbocycles. The van der Waals surface area contributed by atoms with Crippen LogP contribution in [-0.4, -0.2) is 17.0 Å². The van der Waals surface area contributed by atoms with Crippen LogP contribution in [0.1, 0.15) is 49.0 Å². The largest absolute Gasteiger partial charge is 0.377 e. The van der Waals surface area contributed by atoms with Crippen LogP contribution in [-0.2, 0) is 0 Å². The number of halogens is 1. The number of fused-ring (bicyclic) bond motifs is 1. The summed E-state index contributed by atoms with van der Waals surface area (Å²) in [6.07, 6.45) is 3.94. The van der Waals surface area contributed by atoms with E-state index in [1.54, 1.807) is 30.4 Å². The second-order valence-corrected chi connectivity index (χ2v) is 9.10. The Morgan fingerprint density at radius 3 is 2.41 bits per heavy atom. The van der Waals surface area contributed by atoms with Crippen molar-refractivity contribution in [3.05, 3.63) is 113 Å². The van der Waals surface area contributed by atoms with E-state index < -0.39 is 11.8 Å². The molecule has 1 aliphatic rings. The minimum Gasteiger partial charge on any atom is -0.377 e. The molecule has 9 heteroatoms. The normalized spacial score (nSPS) is 15.3. The van der Waals surface area contributed by atoms with Gasteiger partial charge in [-0.25, -0.2) is 4.39 Å². The van der Waals surface area contributed by atoms with E-state index in [-0.39, 0.29) is 11.6 Å². The monoisotopic (exact) mass is 519 g/mol. The van der Waals surface area contributed by atoms with E-state index in [0.717, 1.165) is 12.0 Å². The van der Waals surface area contributed by atoms with Gasteiger partial charge in [-0.05, 0) is 41.8 Å². The van der Waals surface area contributed by atoms with E-state index in [1.807, 2.05) is 30.3 Å². The SMILES string of the molecule is [2H]C(Nc1cc(C#N)c2ncc(C#N)c(N[C@H](CC)c3ccccc3)c2c1)(C1=CN(C)NN1)c1ccc(F)cc1. The van der Waals surface area contributed by atoms with E-state index in [4.69, 9.17) is 0 Å². The highest BCUT2D eigenvalue weighted by molar-refractivity contribution is 5.99. The van der Waals surface area contributed by atoms with E-state index in [0.29, 0.717) is 39.1 Å². The highest BCUT2D eigenvalue weighted by atomic mass is 19.1. The van der Waals surface area contributed by atoms with Crippen molar-refractivity contribution >= 4 is 22.3 Å². The molecular weight excluding hydrogens is 491 g/mol. The number of hydrogen-bond donors (Lipinski definition) is 4. The number of benzene rings is 3. The molecule has 39 heavy (non-hydrogen) atoms. The zero-order valence-corrected chi connectivity index (χ0v) is 21.5. The molecule has 0 fully saturated rings. The number of aromatic nitrogens is 1. The number of nitrogens with zero attached hydrogens (tertiary/aromatic N) is 4. The predicted molar refractivity (Wildman–Crippen MR) is 149 cm³/mol. The van der Waals surface area contributed by atoms with Crippen molar-refractivity contribution in [1.82, 2.24) is 21.0 Å². The molecule has 0 aliphatic carbocycles. The molecule has 4 N–H and O–H groups in total. The molecule has 0 radical (unpaired) electrons. The first kappa shape index (κ1) is 24.2. The van der Waals surface area contributed by atoms with Crippen molar-refractivity contribution in [3.8, 4) is 12.1 Å². The molecule has 2 atom stereocenters. The number of nitrogens with one attached hydrogen (secondary N) is 4. The number of nitriles is 2. The van der Waals surface area contributed by atoms with Crippen LogP contribution >= 0.6 is 0 Å². The molecule has 0 saturated carbocycles. The van der Waals surface area contributed by atoms with Crippen molar-refractivity contribution in [3.63, 3.8) is 0 Å². The Morgan fingerprint density at radius 1 is 1.03 bits per heavy atom. The first-order chi connectivity index (χ1) is 19.4. The van der Waals surface area contributed by atoms with Crippen LogP contribution < -0.4 is 21.6 Å². The smallest absolute Gasteiger partial charge is 0.123 e. The fourth-order valence-corrected chi connectivity index (χ4v) is 4.57. The lowest BCUT2D eigenvalue weighted by Gasteiger charge is -2.23. The van der Waals surface area contributed by atoms with Crippen LogP contribution in [0.3, 0.4) is 0 Å². The van der Waals surface area contributed by atoms with Gasteiger partial charge in [-0.3, -0.25) is 9.99 Å². The number of anilines is 2. The minimum absolute atomic E-state index is 0.0926. The van der Waals surface area contributed by atoms with Gasteiger partial charge in [0.25, 0.3) is 0 Å². The van der Waals surface area contributed by atoms with Gasteiger partial charge in [0.2, 0.25) is 0 Å². The summed E-state index contributed by atoms with van der Waals surface area (Å²) in [5, 5.41) is 29.0. The molecule has 0 saturated heterocycles. The molecule has 0 bridgehead atoms. The Morgan fingerprint density at radius 2 is 1.77 bits per heavy atom. The van der Waals surface area contributed by atoms with Gasteiger partial charge in [0.15, 0.2) is 0 Å². The van der Waals surface area contributed by atoms with Crippen molar-refractivity contribution in [2.75, 3.05) is 17.7 Å².